The van der Waals surface area contributed by atoms with Crippen LogP contribution in [0.4, 0.5) is 5.95 Å². The molecule has 1 aromatic heterocycles. The van der Waals surface area contributed by atoms with Crippen molar-refractivity contribution in [3.63, 3.8) is 0 Å². The highest BCUT2D eigenvalue weighted by atomic mass is 15.3. The molecule has 0 aliphatic rings. The first-order valence-electron chi connectivity index (χ1n) is 3.52. The summed E-state index contributed by atoms with van der Waals surface area (Å²) in [7, 11) is 0. The Balaban J connectivity index is 2.51. The van der Waals surface area contributed by atoms with Crippen molar-refractivity contribution < 1.29 is 0 Å². The Kier molecular flexibility index (Phi) is 1.51. The molecule has 1 radical (unpaired) electrons. The summed E-state index contributed by atoms with van der Waals surface area (Å²) in [4.78, 5) is 0. The van der Waals surface area contributed by atoms with Crippen molar-refractivity contribution in [1.29, 1.82) is 0 Å². The predicted molar refractivity (Wildman–Crippen MR) is 44.6 cm³/mol. The number of nitrogens with zero attached hydrogens (tertiary/aromatic N) is 3. The Bertz CT molecular complexity index is 366. The molecule has 0 saturated heterocycles. The van der Waals surface area contributed by atoms with E-state index < -0.39 is 0 Å². The van der Waals surface area contributed by atoms with E-state index in [9.17, 15) is 0 Å². The van der Waals surface area contributed by atoms with Crippen molar-refractivity contribution in [1.82, 2.24) is 14.8 Å². The highest BCUT2D eigenvalue weighted by molar-refractivity contribution is 5.36. The van der Waals surface area contributed by atoms with Gasteiger partial charge in [0.05, 0.1) is 5.69 Å². The molecule has 0 amide bonds. The van der Waals surface area contributed by atoms with Crippen molar-refractivity contribution in [3.05, 3.63) is 36.7 Å². The van der Waals surface area contributed by atoms with Crippen molar-refractivity contribution in [3.8, 4) is 5.69 Å². The fraction of sp³-hybridized carbons (Fsp3) is 0. The summed E-state index contributed by atoms with van der Waals surface area (Å²) < 4.78 is 1.60. The van der Waals surface area contributed by atoms with Gasteiger partial charge in [0.25, 0.3) is 0 Å². The first-order valence-corrected chi connectivity index (χ1v) is 3.52. The summed E-state index contributed by atoms with van der Waals surface area (Å²) in [5.74, 6) is 0.348. The summed E-state index contributed by atoms with van der Waals surface area (Å²) >= 11 is 0. The van der Waals surface area contributed by atoms with Gasteiger partial charge in [0.1, 0.15) is 0 Å². The van der Waals surface area contributed by atoms with E-state index in [0.29, 0.717) is 5.95 Å². The molecule has 0 aliphatic heterocycles. The summed E-state index contributed by atoms with van der Waals surface area (Å²) in [5.41, 5.74) is 6.45. The van der Waals surface area contributed by atoms with E-state index >= 15 is 0 Å². The van der Waals surface area contributed by atoms with E-state index in [1.54, 1.807) is 4.57 Å². The average molecular weight is 159 g/mol. The molecule has 1 heterocycles. The summed E-state index contributed by atoms with van der Waals surface area (Å²) in [6, 6.07) is 9.60. The van der Waals surface area contributed by atoms with Crippen molar-refractivity contribution in [2.75, 3.05) is 5.73 Å². The molecule has 1 aromatic carbocycles. The van der Waals surface area contributed by atoms with Crippen LogP contribution in [0.5, 0.6) is 0 Å². The molecule has 0 spiro atoms. The number of nitrogen functional groups attached to an aromatic ring is 1. The fourth-order valence-corrected chi connectivity index (χ4v) is 0.981. The minimum Gasteiger partial charge on any atom is -0.368 e. The molecule has 0 unspecified atom stereocenters. The van der Waals surface area contributed by atoms with Crippen LogP contribution in [-0.4, -0.2) is 14.8 Å². The molecular formula is C8H7N4. The number of aromatic nitrogens is 3. The van der Waals surface area contributed by atoms with Crippen LogP contribution in [0.15, 0.2) is 30.3 Å². The molecular weight excluding hydrogens is 152 g/mol. The zero-order valence-corrected chi connectivity index (χ0v) is 6.31. The highest BCUT2D eigenvalue weighted by Gasteiger charge is 2.00. The minimum atomic E-state index is 0.348. The molecule has 2 N–H and O–H groups in total. The van der Waals surface area contributed by atoms with Gasteiger partial charge in [-0.3, -0.25) is 4.57 Å². The predicted octanol–water partition coefficient (Wildman–Crippen LogP) is 0.650. The second kappa shape index (κ2) is 2.65. The van der Waals surface area contributed by atoms with Crippen molar-refractivity contribution in [2.45, 2.75) is 0 Å². The molecule has 59 valence electrons. The first kappa shape index (κ1) is 6.84. The molecule has 0 aliphatic carbocycles. The Hall–Kier alpha value is -1.84. The van der Waals surface area contributed by atoms with Crippen molar-refractivity contribution in [2.24, 2.45) is 0 Å². The number of benzene rings is 1. The Labute approximate surface area is 69.7 Å². The molecule has 4 nitrogen and oxygen atoms in total. The smallest absolute Gasteiger partial charge is 0.227 e. The van der Waals surface area contributed by atoms with Gasteiger partial charge in [-0.1, -0.05) is 18.2 Å². The number of rotatable bonds is 1. The van der Waals surface area contributed by atoms with Crippen LogP contribution in [-0.2, 0) is 0 Å². The summed E-state index contributed by atoms with van der Waals surface area (Å²) in [6.45, 7) is 0. The number of nitrogens with two attached hydrogens (primary N) is 1. The summed E-state index contributed by atoms with van der Waals surface area (Å²) in [5, 5.41) is 7.19. The maximum atomic E-state index is 5.53. The first-order chi connectivity index (χ1) is 5.88. The average Bonchev–Trinajstić information content (AvgIpc) is 2.53. The van der Waals surface area contributed by atoms with Gasteiger partial charge in [-0.25, -0.2) is 0 Å². The lowest BCUT2D eigenvalue weighted by Crippen LogP contribution is -1.99. The second-order valence-electron chi connectivity index (χ2n) is 2.33. The Morgan fingerprint density at radius 3 is 2.58 bits per heavy atom. The standard InChI is InChI=1S/C8H7N4/c9-8-11-10-6-12(8)7-4-2-1-3-5-7/h1-5H,(H2,9,11). The van der Waals surface area contributed by atoms with Gasteiger partial charge in [-0.15, -0.1) is 10.2 Å². The van der Waals surface area contributed by atoms with E-state index in [0.717, 1.165) is 5.69 Å². The van der Waals surface area contributed by atoms with Gasteiger partial charge in [0.2, 0.25) is 12.3 Å². The van der Waals surface area contributed by atoms with E-state index in [1.165, 1.54) is 0 Å². The van der Waals surface area contributed by atoms with Crippen molar-refractivity contribution >= 4 is 5.95 Å². The summed E-state index contributed by atoms with van der Waals surface area (Å²) in [6.07, 6.45) is 2.65. The zero-order valence-electron chi connectivity index (χ0n) is 6.31. The Morgan fingerprint density at radius 2 is 2.00 bits per heavy atom. The number of hydrogen-bond acceptors (Lipinski definition) is 3. The second-order valence-corrected chi connectivity index (χ2v) is 2.33. The van der Waals surface area contributed by atoms with Gasteiger partial charge in [0, 0.05) is 0 Å². The quantitative estimate of drug-likeness (QED) is 0.664. The third-order valence-electron chi connectivity index (χ3n) is 1.54. The Morgan fingerprint density at radius 1 is 1.25 bits per heavy atom. The van der Waals surface area contributed by atoms with Crippen LogP contribution < -0.4 is 5.73 Å². The molecule has 12 heavy (non-hydrogen) atoms. The maximum Gasteiger partial charge on any atom is 0.227 e. The van der Waals surface area contributed by atoms with Gasteiger partial charge in [-0.05, 0) is 12.1 Å². The van der Waals surface area contributed by atoms with E-state index in [4.69, 9.17) is 5.73 Å². The third kappa shape index (κ3) is 1.03. The zero-order chi connectivity index (χ0) is 8.39. The highest BCUT2D eigenvalue weighted by Crippen LogP contribution is 2.08. The van der Waals surface area contributed by atoms with E-state index in [-0.39, 0.29) is 0 Å². The SMILES string of the molecule is Nc1nn[c]n1-c1ccccc1. The van der Waals surface area contributed by atoms with Crippen LogP contribution in [0.2, 0.25) is 0 Å². The third-order valence-corrected chi connectivity index (χ3v) is 1.54. The van der Waals surface area contributed by atoms with E-state index in [1.807, 2.05) is 30.3 Å². The van der Waals surface area contributed by atoms with Crippen LogP contribution in [0, 0.1) is 6.33 Å². The van der Waals surface area contributed by atoms with Gasteiger partial charge in [0.15, 0.2) is 0 Å². The molecule has 0 fully saturated rings. The van der Waals surface area contributed by atoms with Crippen LogP contribution in [0.1, 0.15) is 0 Å². The minimum absolute atomic E-state index is 0.348. The largest absolute Gasteiger partial charge is 0.368 e. The van der Waals surface area contributed by atoms with Gasteiger partial charge >= 0.3 is 0 Å². The van der Waals surface area contributed by atoms with Gasteiger partial charge < -0.3 is 5.73 Å². The molecule has 0 saturated carbocycles. The molecule has 0 bridgehead atoms. The lowest BCUT2D eigenvalue weighted by Gasteiger charge is -2.00. The number of para-hydroxylation sites is 1. The van der Waals surface area contributed by atoms with Gasteiger partial charge in [-0.2, -0.15) is 0 Å². The lowest BCUT2D eigenvalue weighted by atomic mass is 10.3. The van der Waals surface area contributed by atoms with Crippen LogP contribution >= 0.6 is 0 Å². The molecule has 2 rings (SSSR count). The molecule has 4 heteroatoms. The normalized spacial score (nSPS) is 10.0. The molecule has 2 aromatic rings. The van der Waals surface area contributed by atoms with Crippen LogP contribution in [0.25, 0.3) is 5.69 Å². The number of hydrogen-bond donors (Lipinski definition) is 1. The van der Waals surface area contributed by atoms with Crippen LogP contribution in [0.3, 0.4) is 0 Å². The lowest BCUT2D eigenvalue weighted by molar-refractivity contribution is 1.05. The monoisotopic (exact) mass is 159 g/mol. The number of anilines is 1. The topological polar surface area (TPSA) is 56.7 Å². The fourth-order valence-electron chi connectivity index (χ4n) is 0.981. The maximum absolute atomic E-state index is 5.53. The molecule has 0 atom stereocenters. The van der Waals surface area contributed by atoms with E-state index in [2.05, 4.69) is 16.5 Å².